The Morgan fingerprint density at radius 2 is 2.03 bits per heavy atom. The molecule has 8 nitrogen and oxygen atoms in total. The number of nitrogens with two attached hydrogens (primary N) is 1. The Bertz CT molecular complexity index is 1230. The van der Waals surface area contributed by atoms with E-state index in [1.54, 1.807) is 12.4 Å². The predicted octanol–water partition coefficient (Wildman–Crippen LogP) is 2.09. The smallest absolute Gasteiger partial charge is 0.153 e. The predicted molar refractivity (Wildman–Crippen MR) is 118 cm³/mol. The third-order valence-electron chi connectivity index (χ3n) is 5.48. The van der Waals surface area contributed by atoms with Crippen molar-refractivity contribution in [3.63, 3.8) is 0 Å². The van der Waals surface area contributed by atoms with Crippen LogP contribution in [0.1, 0.15) is 29.8 Å². The molecule has 4 aromatic heterocycles. The number of aromatic nitrogens is 5. The molecule has 0 bridgehead atoms. The summed E-state index contributed by atoms with van der Waals surface area (Å²) in [6.45, 7) is 2.02. The van der Waals surface area contributed by atoms with Crippen LogP contribution in [0.3, 0.4) is 0 Å². The van der Waals surface area contributed by atoms with E-state index in [0.29, 0.717) is 6.04 Å². The third kappa shape index (κ3) is 3.69. The number of allylic oxidation sites excluding steroid dienone is 1. The number of hydrogen-bond donors (Lipinski definition) is 2. The molecule has 5 rings (SSSR count). The van der Waals surface area contributed by atoms with Crippen molar-refractivity contribution in [3.05, 3.63) is 72.2 Å². The van der Waals surface area contributed by atoms with E-state index >= 15 is 0 Å². The highest BCUT2D eigenvalue weighted by molar-refractivity contribution is 6.08. The first-order valence-corrected chi connectivity index (χ1v) is 10.2. The van der Waals surface area contributed by atoms with Crippen molar-refractivity contribution in [2.24, 2.45) is 10.7 Å². The van der Waals surface area contributed by atoms with E-state index in [-0.39, 0.29) is 0 Å². The summed E-state index contributed by atoms with van der Waals surface area (Å²) in [5, 5.41) is 8.16. The van der Waals surface area contributed by atoms with Crippen LogP contribution in [0.25, 0.3) is 16.9 Å². The summed E-state index contributed by atoms with van der Waals surface area (Å²) in [5.74, 6) is 0. The minimum atomic E-state index is 0.340. The number of imidazole rings is 2. The zero-order chi connectivity index (χ0) is 20.3. The molecule has 1 saturated heterocycles. The molecule has 152 valence electrons. The number of fused-ring (bicyclic) bond motifs is 2. The number of hydrogen-bond acceptors (Lipinski definition) is 6. The van der Waals surface area contributed by atoms with Gasteiger partial charge in [-0.15, -0.1) is 0 Å². The zero-order valence-corrected chi connectivity index (χ0v) is 16.6. The minimum absolute atomic E-state index is 0.340. The molecule has 0 unspecified atom stereocenters. The van der Waals surface area contributed by atoms with Crippen molar-refractivity contribution in [2.45, 2.75) is 25.3 Å². The van der Waals surface area contributed by atoms with Crippen LogP contribution < -0.4 is 11.1 Å². The van der Waals surface area contributed by atoms with Crippen molar-refractivity contribution >= 4 is 23.1 Å². The van der Waals surface area contributed by atoms with Gasteiger partial charge >= 0.3 is 0 Å². The lowest BCUT2D eigenvalue weighted by Crippen LogP contribution is -2.29. The van der Waals surface area contributed by atoms with Gasteiger partial charge in [-0.3, -0.25) is 4.99 Å². The maximum absolute atomic E-state index is 5.90. The SMILES string of the molecule is NC=C(C=NC1CCNCC1)c1ccc2ncc(Cc3ccc4nccn4c3)n2n1. The molecule has 0 spiro atoms. The summed E-state index contributed by atoms with van der Waals surface area (Å²) in [6.07, 6.45) is 14.0. The normalized spacial score (nSPS) is 16.2. The first-order valence-electron chi connectivity index (χ1n) is 10.2. The van der Waals surface area contributed by atoms with Gasteiger partial charge in [0, 0.05) is 43.0 Å². The maximum Gasteiger partial charge on any atom is 0.153 e. The number of rotatable bonds is 5. The van der Waals surface area contributed by atoms with Crippen molar-refractivity contribution in [1.82, 2.24) is 29.3 Å². The summed E-state index contributed by atoms with van der Waals surface area (Å²) in [5.41, 5.74) is 11.4. The Balaban J connectivity index is 1.42. The lowest BCUT2D eigenvalue weighted by atomic mass is 10.1. The van der Waals surface area contributed by atoms with Crippen molar-refractivity contribution in [2.75, 3.05) is 13.1 Å². The van der Waals surface area contributed by atoms with Crippen LogP contribution in [0.5, 0.6) is 0 Å². The molecule has 0 saturated carbocycles. The monoisotopic (exact) mass is 400 g/mol. The molecule has 1 aliphatic rings. The number of nitrogens with one attached hydrogen (secondary N) is 1. The lowest BCUT2D eigenvalue weighted by molar-refractivity contribution is 0.461. The number of piperidine rings is 1. The first-order chi connectivity index (χ1) is 14.8. The first kappa shape index (κ1) is 18.5. The average molecular weight is 400 g/mol. The van der Waals surface area contributed by atoms with Crippen LogP contribution in [-0.4, -0.2) is 49.3 Å². The fourth-order valence-corrected chi connectivity index (χ4v) is 3.81. The highest BCUT2D eigenvalue weighted by atomic mass is 15.3. The van der Waals surface area contributed by atoms with Gasteiger partial charge < -0.3 is 15.5 Å². The molecule has 0 aromatic carbocycles. The zero-order valence-electron chi connectivity index (χ0n) is 16.6. The van der Waals surface area contributed by atoms with Gasteiger partial charge in [0.05, 0.1) is 23.6 Å². The Labute approximate surface area is 174 Å². The Morgan fingerprint density at radius 3 is 2.90 bits per heavy atom. The standard InChI is InChI=1S/C22H24N8/c23-12-17(13-26-18-5-7-24-8-6-18)20-2-4-22-27-14-19(30(22)28-20)11-16-1-3-21-25-9-10-29(21)15-16/h1-4,9-10,12-15,18,24H,5-8,11,23H2. The minimum Gasteiger partial charge on any atom is -0.404 e. The van der Waals surface area contributed by atoms with Gasteiger partial charge in [0.2, 0.25) is 0 Å². The van der Waals surface area contributed by atoms with Gasteiger partial charge in [0.15, 0.2) is 5.65 Å². The van der Waals surface area contributed by atoms with E-state index in [0.717, 1.165) is 66.2 Å². The van der Waals surface area contributed by atoms with Crippen LogP contribution >= 0.6 is 0 Å². The van der Waals surface area contributed by atoms with E-state index in [1.807, 2.05) is 45.7 Å². The molecule has 3 N–H and O–H groups in total. The van der Waals surface area contributed by atoms with Gasteiger partial charge in [-0.2, -0.15) is 5.10 Å². The molecule has 0 radical (unpaired) electrons. The maximum atomic E-state index is 5.90. The Kier molecular flexibility index (Phi) is 4.98. The molecule has 8 heteroatoms. The van der Waals surface area contributed by atoms with Gasteiger partial charge in [0.1, 0.15) is 5.65 Å². The Hall–Kier alpha value is -3.52. The summed E-state index contributed by atoms with van der Waals surface area (Å²) in [4.78, 5) is 13.5. The van der Waals surface area contributed by atoms with E-state index in [9.17, 15) is 0 Å². The molecule has 0 amide bonds. The molecule has 1 aliphatic heterocycles. The summed E-state index contributed by atoms with van der Waals surface area (Å²) < 4.78 is 3.90. The van der Waals surface area contributed by atoms with E-state index in [2.05, 4.69) is 27.5 Å². The third-order valence-corrected chi connectivity index (χ3v) is 5.48. The molecule has 5 heterocycles. The van der Waals surface area contributed by atoms with Crippen LogP contribution in [0.2, 0.25) is 0 Å². The average Bonchev–Trinajstić information content (AvgIpc) is 3.41. The quantitative estimate of drug-likeness (QED) is 0.500. The summed E-state index contributed by atoms with van der Waals surface area (Å²) >= 11 is 0. The second-order valence-corrected chi connectivity index (χ2v) is 7.53. The van der Waals surface area contributed by atoms with Gasteiger partial charge in [-0.1, -0.05) is 6.07 Å². The molecule has 0 atom stereocenters. The largest absolute Gasteiger partial charge is 0.404 e. The van der Waals surface area contributed by atoms with Gasteiger partial charge in [-0.25, -0.2) is 14.5 Å². The number of pyridine rings is 1. The van der Waals surface area contributed by atoms with E-state index in [1.165, 1.54) is 0 Å². The molecular weight excluding hydrogens is 376 g/mol. The molecular formula is C22H24N8. The fourth-order valence-electron chi connectivity index (χ4n) is 3.81. The van der Waals surface area contributed by atoms with Crippen molar-refractivity contribution in [3.8, 4) is 0 Å². The summed E-state index contributed by atoms with van der Waals surface area (Å²) in [7, 11) is 0. The van der Waals surface area contributed by atoms with Crippen LogP contribution in [-0.2, 0) is 6.42 Å². The number of nitrogens with zero attached hydrogens (tertiary/aromatic N) is 6. The highest BCUT2D eigenvalue weighted by Gasteiger charge is 2.12. The fraction of sp³-hybridized carbons (Fsp3) is 0.273. The van der Waals surface area contributed by atoms with Gasteiger partial charge in [-0.05, 0) is 49.7 Å². The highest BCUT2D eigenvalue weighted by Crippen LogP contribution is 2.16. The van der Waals surface area contributed by atoms with E-state index < -0.39 is 0 Å². The van der Waals surface area contributed by atoms with Gasteiger partial charge in [0.25, 0.3) is 0 Å². The number of aliphatic imine (C=N–C) groups is 1. The Morgan fingerprint density at radius 1 is 1.17 bits per heavy atom. The van der Waals surface area contributed by atoms with Crippen molar-refractivity contribution in [1.29, 1.82) is 0 Å². The summed E-state index contributed by atoms with van der Waals surface area (Å²) in [6, 6.07) is 8.35. The topological polar surface area (TPSA) is 97.9 Å². The van der Waals surface area contributed by atoms with E-state index in [4.69, 9.17) is 15.8 Å². The lowest BCUT2D eigenvalue weighted by Gasteiger charge is -2.18. The van der Waals surface area contributed by atoms with Crippen LogP contribution in [0.15, 0.2) is 60.2 Å². The molecule has 0 aliphatic carbocycles. The van der Waals surface area contributed by atoms with Crippen LogP contribution in [0, 0.1) is 0 Å². The second-order valence-electron chi connectivity index (χ2n) is 7.53. The second kappa shape index (κ2) is 8.08. The molecule has 30 heavy (non-hydrogen) atoms. The molecule has 1 fully saturated rings. The van der Waals surface area contributed by atoms with Crippen LogP contribution in [0.4, 0.5) is 0 Å². The molecule has 4 aromatic rings. The van der Waals surface area contributed by atoms with Crippen molar-refractivity contribution < 1.29 is 0 Å².